The minimum atomic E-state index is -0.0749. The Morgan fingerprint density at radius 2 is 1.88 bits per heavy atom. The van der Waals surface area contributed by atoms with Crippen molar-refractivity contribution in [3.05, 3.63) is 79.0 Å². The smallest absolute Gasteiger partial charge is 0.240 e. The molecular formula is C20H17N5O. The number of benzene rings is 1. The number of hydrogen-bond donors (Lipinski definition) is 1. The Labute approximate surface area is 150 Å². The number of aromatic nitrogens is 4. The molecule has 0 aliphatic heterocycles. The quantitative estimate of drug-likeness (QED) is 0.605. The molecule has 1 N–H and O–H groups in total. The molecule has 6 nitrogen and oxygen atoms in total. The summed E-state index contributed by atoms with van der Waals surface area (Å²) in [5.74, 6) is -0.0749. The van der Waals surface area contributed by atoms with Crippen LogP contribution in [-0.4, -0.2) is 25.4 Å². The highest BCUT2D eigenvalue weighted by molar-refractivity contribution is 5.80. The lowest BCUT2D eigenvalue weighted by Gasteiger charge is -2.10. The van der Waals surface area contributed by atoms with Gasteiger partial charge >= 0.3 is 0 Å². The number of rotatable bonds is 5. The molecule has 0 bridgehead atoms. The van der Waals surface area contributed by atoms with Crippen LogP contribution in [0.2, 0.25) is 0 Å². The molecule has 3 heterocycles. The second-order valence-corrected chi connectivity index (χ2v) is 5.89. The normalized spacial score (nSPS) is 10.8. The number of carbonyl (C=O) groups is 1. The van der Waals surface area contributed by atoms with Crippen LogP contribution in [0.1, 0.15) is 5.56 Å². The van der Waals surface area contributed by atoms with Gasteiger partial charge < -0.3 is 9.88 Å². The first-order chi connectivity index (χ1) is 12.8. The average Bonchev–Trinajstić information content (AvgIpc) is 3.10. The van der Waals surface area contributed by atoms with Gasteiger partial charge in [0, 0.05) is 30.7 Å². The van der Waals surface area contributed by atoms with Crippen LogP contribution in [0.4, 0.5) is 0 Å². The van der Waals surface area contributed by atoms with Crippen molar-refractivity contribution in [2.24, 2.45) is 0 Å². The number of para-hydroxylation sites is 2. The molecule has 0 aliphatic rings. The van der Waals surface area contributed by atoms with Crippen molar-refractivity contribution < 1.29 is 4.79 Å². The van der Waals surface area contributed by atoms with Crippen LogP contribution in [-0.2, 0) is 17.9 Å². The Balaban J connectivity index is 1.47. The van der Waals surface area contributed by atoms with Crippen LogP contribution < -0.4 is 5.32 Å². The number of carbonyl (C=O) groups excluding carboxylic acids is 1. The third-order valence-electron chi connectivity index (χ3n) is 4.14. The summed E-state index contributed by atoms with van der Waals surface area (Å²) in [6.45, 7) is 0.631. The van der Waals surface area contributed by atoms with Gasteiger partial charge in [-0.3, -0.25) is 14.8 Å². The largest absolute Gasteiger partial charge is 0.350 e. The zero-order valence-corrected chi connectivity index (χ0v) is 14.0. The average molecular weight is 343 g/mol. The first-order valence-corrected chi connectivity index (χ1v) is 8.32. The number of nitrogens with one attached hydrogen (secondary N) is 1. The highest BCUT2D eigenvalue weighted by Gasteiger charge is 2.10. The Hall–Kier alpha value is -3.54. The molecule has 4 aromatic rings. The first kappa shape index (κ1) is 16.0. The van der Waals surface area contributed by atoms with Crippen LogP contribution in [0, 0.1) is 0 Å². The van der Waals surface area contributed by atoms with E-state index in [0.717, 1.165) is 27.9 Å². The van der Waals surface area contributed by atoms with E-state index in [4.69, 9.17) is 0 Å². The topological polar surface area (TPSA) is 72.7 Å². The molecule has 3 aromatic heterocycles. The lowest BCUT2D eigenvalue weighted by molar-refractivity contribution is -0.121. The number of pyridine rings is 2. The van der Waals surface area contributed by atoms with Gasteiger partial charge in [0.05, 0.1) is 23.1 Å². The van der Waals surface area contributed by atoms with Crippen molar-refractivity contribution in [2.75, 3.05) is 0 Å². The summed E-state index contributed by atoms with van der Waals surface area (Å²) < 4.78 is 1.84. The molecule has 26 heavy (non-hydrogen) atoms. The van der Waals surface area contributed by atoms with Crippen LogP contribution in [0.25, 0.3) is 22.3 Å². The van der Waals surface area contributed by atoms with E-state index in [9.17, 15) is 4.79 Å². The van der Waals surface area contributed by atoms with Crippen LogP contribution in [0.5, 0.6) is 0 Å². The number of imidazole rings is 1. The van der Waals surface area contributed by atoms with Gasteiger partial charge in [-0.05, 0) is 35.9 Å². The van der Waals surface area contributed by atoms with Gasteiger partial charge in [-0.1, -0.05) is 18.2 Å². The molecule has 0 spiro atoms. The summed E-state index contributed by atoms with van der Waals surface area (Å²) in [6, 6.07) is 15.4. The second-order valence-electron chi connectivity index (χ2n) is 5.89. The second kappa shape index (κ2) is 7.14. The molecule has 0 fully saturated rings. The van der Waals surface area contributed by atoms with Crippen molar-refractivity contribution in [3.63, 3.8) is 0 Å². The van der Waals surface area contributed by atoms with Crippen molar-refractivity contribution in [2.45, 2.75) is 13.1 Å². The molecule has 0 unspecified atom stereocenters. The predicted octanol–water partition coefficient (Wildman–Crippen LogP) is 2.81. The number of amides is 1. The Kier molecular flexibility index (Phi) is 4.38. The summed E-state index contributed by atoms with van der Waals surface area (Å²) in [4.78, 5) is 25.3. The zero-order chi connectivity index (χ0) is 17.8. The van der Waals surface area contributed by atoms with Gasteiger partial charge in [0.25, 0.3) is 0 Å². The maximum absolute atomic E-state index is 12.4. The van der Waals surface area contributed by atoms with Crippen LogP contribution in [0.15, 0.2) is 73.4 Å². The van der Waals surface area contributed by atoms with Crippen molar-refractivity contribution in [1.29, 1.82) is 0 Å². The van der Waals surface area contributed by atoms with Gasteiger partial charge in [-0.15, -0.1) is 0 Å². The van der Waals surface area contributed by atoms with E-state index >= 15 is 0 Å². The van der Waals surface area contributed by atoms with Gasteiger partial charge in [0.2, 0.25) is 5.91 Å². The molecule has 4 rings (SSSR count). The standard InChI is InChI=1S/C20H17N5O/c26-19(13-25-14-24-17-7-1-2-8-18(17)25)23-12-16-6-4-10-22-20(16)15-5-3-9-21-11-15/h1-11,14H,12-13H2,(H,23,26). The van der Waals surface area contributed by atoms with Gasteiger partial charge in [0.15, 0.2) is 0 Å². The first-order valence-electron chi connectivity index (χ1n) is 8.32. The van der Waals surface area contributed by atoms with Gasteiger partial charge in [0.1, 0.15) is 6.54 Å². The van der Waals surface area contributed by atoms with Crippen LogP contribution in [0.3, 0.4) is 0 Å². The molecule has 6 heteroatoms. The van der Waals surface area contributed by atoms with E-state index in [1.807, 2.05) is 53.1 Å². The molecule has 0 aliphatic carbocycles. The lowest BCUT2D eigenvalue weighted by atomic mass is 10.1. The summed E-state index contributed by atoms with van der Waals surface area (Å²) >= 11 is 0. The van der Waals surface area contributed by atoms with E-state index in [0.29, 0.717) is 6.54 Å². The fraction of sp³-hybridized carbons (Fsp3) is 0.100. The summed E-state index contributed by atoms with van der Waals surface area (Å²) in [7, 11) is 0. The zero-order valence-electron chi connectivity index (χ0n) is 14.0. The Morgan fingerprint density at radius 3 is 2.77 bits per heavy atom. The minimum absolute atomic E-state index is 0.0749. The summed E-state index contributed by atoms with van der Waals surface area (Å²) in [6.07, 6.45) is 6.93. The monoisotopic (exact) mass is 343 g/mol. The number of fused-ring (bicyclic) bond motifs is 1. The van der Waals surface area contributed by atoms with Gasteiger partial charge in [-0.25, -0.2) is 4.98 Å². The molecule has 0 atom stereocenters. The molecule has 0 saturated heterocycles. The molecule has 0 saturated carbocycles. The number of hydrogen-bond acceptors (Lipinski definition) is 4. The summed E-state index contributed by atoms with van der Waals surface area (Å²) in [5.41, 5.74) is 4.53. The molecular weight excluding hydrogens is 326 g/mol. The highest BCUT2D eigenvalue weighted by atomic mass is 16.1. The van der Waals surface area contributed by atoms with Crippen molar-refractivity contribution in [3.8, 4) is 11.3 Å². The maximum atomic E-state index is 12.4. The predicted molar refractivity (Wildman–Crippen MR) is 99.0 cm³/mol. The van der Waals surface area contributed by atoms with E-state index in [1.165, 1.54) is 0 Å². The molecule has 0 radical (unpaired) electrons. The SMILES string of the molecule is O=C(Cn1cnc2ccccc21)NCc1cccnc1-c1cccnc1. The molecule has 128 valence electrons. The van der Waals surface area contributed by atoms with Gasteiger partial charge in [-0.2, -0.15) is 0 Å². The van der Waals surface area contributed by atoms with E-state index in [2.05, 4.69) is 20.3 Å². The third-order valence-corrected chi connectivity index (χ3v) is 4.14. The lowest BCUT2D eigenvalue weighted by Crippen LogP contribution is -2.27. The van der Waals surface area contributed by atoms with E-state index in [1.54, 1.807) is 24.9 Å². The van der Waals surface area contributed by atoms with E-state index < -0.39 is 0 Å². The molecule has 1 aromatic carbocycles. The Morgan fingerprint density at radius 1 is 1.00 bits per heavy atom. The summed E-state index contributed by atoms with van der Waals surface area (Å²) in [5, 5.41) is 2.96. The van der Waals surface area contributed by atoms with E-state index in [-0.39, 0.29) is 12.5 Å². The highest BCUT2D eigenvalue weighted by Crippen LogP contribution is 2.19. The van der Waals surface area contributed by atoms with Crippen molar-refractivity contribution >= 4 is 16.9 Å². The van der Waals surface area contributed by atoms with Crippen LogP contribution >= 0.6 is 0 Å². The van der Waals surface area contributed by atoms with Crippen molar-refractivity contribution in [1.82, 2.24) is 24.8 Å². The molecule has 1 amide bonds. The fourth-order valence-electron chi connectivity index (χ4n) is 2.88. The maximum Gasteiger partial charge on any atom is 0.240 e. The third kappa shape index (κ3) is 3.30. The number of nitrogens with zero attached hydrogens (tertiary/aromatic N) is 4. The minimum Gasteiger partial charge on any atom is -0.350 e. The fourth-order valence-corrected chi connectivity index (χ4v) is 2.88. The Bertz CT molecular complexity index is 1040.